The molecule has 2 aliphatic rings. The summed E-state index contributed by atoms with van der Waals surface area (Å²) >= 11 is 0. The molecule has 1 N–H and O–H groups in total. The zero-order valence-corrected chi connectivity index (χ0v) is 13.0. The van der Waals surface area contributed by atoms with Crippen LogP contribution in [0.2, 0.25) is 0 Å². The van der Waals surface area contributed by atoms with Crippen LogP contribution in [0, 0.1) is 13.8 Å². The minimum Gasteiger partial charge on any atom is -0.481 e. The summed E-state index contributed by atoms with van der Waals surface area (Å²) in [6.45, 7) is 4.16. The number of carboxylic acids is 1. The standard InChI is InChI=1S/C17H21NO4/c1-11-8-13(9-12(2)15(11)22-10-14(19)20)16(21)18-7-6-17(18)4-3-5-17/h8-9H,3-7,10H2,1-2H3,(H,19,20). The molecule has 0 aromatic heterocycles. The van der Waals surface area contributed by atoms with E-state index in [4.69, 9.17) is 9.84 Å². The van der Waals surface area contributed by atoms with Crippen LogP contribution in [-0.4, -0.2) is 40.6 Å². The Morgan fingerprint density at radius 3 is 2.27 bits per heavy atom. The second-order valence-corrected chi connectivity index (χ2v) is 6.41. The molecular formula is C17H21NO4. The first-order valence-corrected chi connectivity index (χ1v) is 7.71. The first-order valence-electron chi connectivity index (χ1n) is 7.71. The summed E-state index contributed by atoms with van der Waals surface area (Å²) < 4.78 is 5.31. The number of aliphatic carboxylic acids is 1. The lowest BCUT2D eigenvalue weighted by Gasteiger charge is -2.58. The molecule has 1 aromatic rings. The van der Waals surface area contributed by atoms with Crippen LogP contribution in [0.3, 0.4) is 0 Å². The topological polar surface area (TPSA) is 66.8 Å². The summed E-state index contributed by atoms with van der Waals surface area (Å²) in [5, 5.41) is 8.72. The molecule has 1 saturated heterocycles. The Hall–Kier alpha value is -2.04. The van der Waals surface area contributed by atoms with Gasteiger partial charge in [0.1, 0.15) is 5.75 Å². The average molecular weight is 303 g/mol. The Bertz CT molecular complexity index is 605. The lowest BCUT2D eigenvalue weighted by atomic mass is 9.67. The third-order valence-corrected chi connectivity index (χ3v) is 4.95. The van der Waals surface area contributed by atoms with Crippen LogP contribution in [0.15, 0.2) is 12.1 Å². The molecule has 1 heterocycles. The molecule has 1 aliphatic carbocycles. The molecule has 1 aliphatic heterocycles. The van der Waals surface area contributed by atoms with Crippen LogP contribution >= 0.6 is 0 Å². The minimum atomic E-state index is -1.01. The number of carbonyl (C=O) groups excluding carboxylic acids is 1. The van der Waals surface area contributed by atoms with Gasteiger partial charge in [0.2, 0.25) is 0 Å². The van der Waals surface area contributed by atoms with E-state index in [-0.39, 0.29) is 18.1 Å². The molecule has 22 heavy (non-hydrogen) atoms. The van der Waals surface area contributed by atoms with Gasteiger partial charge in [0.15, 0.2) is 6.61 Å². The number of aryl methyl sites for hydroxylation is 2. The van der Waals surface area contributed by atoms with Crippen molar-refractivity contribution in [2.75, 3.05) is 13.2 Å². The molecule has 3 rings (SSSR count). The fourth-order valence-corrected chi connectivity index (χ4v) is 3.55. The molecular weight excluding hydrogens is 282 g/mol. The highest BCUT2D eigenvalue weighted by molar-refractivity contribution is 5.96. The number of hydrogen-bond donors (Lipinski definition) is 1. The molecule has 2 fully saturated rings. The van der Waals surface area contributed by atoms with Crippen LogP contribution < -0.4 is 4.74 Å². The number of amides is 1. The Kier molecular flexibility index (Phi) is 3.59. The predicted octanol–water partition coefficient (Wildman–Crippen LogP) is 2.54. The third-order valence-electron chi connectivity index (χ3n) is 4.95. The van der Waals surface area contributed by atoms with Crippen molar-refractivity contribution in [2.24, 2.45) is 0 Å². The number of hydrogen-bond acceptors (Lipinski definition) is 3. The van der Waals surface area contributed by atoms with Crippen LogP contribution in [0.5, 0.6) is 5.75 Å². The van der Waals surface area contributed by atoms with Crippen molar-refractivity contribution < 1.29 is 19.4 Å². The lowest BCUT2D eigenvalue weighted by molar-refractivity contribution is -0.139. The van der Waals surface area contributed by atoms with Gasteiger partial charge in [-0.3, -0.25) is 4.79 Å². The van der Waals surface area contributed by atoms with E-state index in [0.29, 0.717) is 11.3 Å². The van der Waals surface area contributed by atoms with E-state index in [2.05, 4.69) is 0 Å². The van der Waals surface area contributed by atoms with Crippen molar-refractivity contribution in [1.82, 2.24) is 4.90 Å². The fraction of sp³-hybridized carbons (Fsp3) is 0.529. The summed E-state index contributed by atoms with van der Waals surface area (Å²) in [5.74, 6) is -0.366. The molecule has 0 atom stereocenters. The van der Waals surface area contributed by atoms with E-state index in [0.717, 1.165) is 36.9 Å². The maximum atomic E-state index is 12.7. The monoisotopic (exact) mass is 303 g/mol. The highest BCUT2D eigenvalue weighted by Crippen LogP contribution is 2.47. The third kappa shape index (κ3) is 2.34. The largest absolute Gasteiger partial charge is 0.481 e. The SMILES string of the molecule is Cc1cc(C(=O)N2CCC23CCC3)cc(C)c1OCC(=O)O. The van der Waals surface area contributed by atoms with Crippen LogP contribution in [0.4, 0.5) is 0 Å². The number of carbonyl (C=O) groups is 2. The zero-order chi connectivity index (χ0) is 15.9. The van der Waals surface area contributed by atoms with Crippen molar-refractivity contribution in [3.05, 3.63) is 28.8 Å². The smallest absolute Gasteiger partial charge is 0.341 e. The summed E-state index contributed by atoms with van der Waals surface area (Å²) in [5.41, 5.74) is 2.40. The van der Waals surface area contributed by atoms with Gasteiger partial charge in [-0.2, -0.15) is 0 Å². The van der Waals surface area contributed by atoms with E-state index in [9.17, 15) is 9.59 Å². The van der Waals surface area contributed by atoms with Crippen molar-refractivity contribution in [3.63, 3.8) is 0 Å². The van der Waals surface area contributed by atoms with Gasteiger partial charge in [-0.25, -0.2) is 4.79 Å². The van der Waals surface area contributed by atoms with E-state index >= 15 is 0 Å². The minimum absolute atomic E-state index is 0.0851. The Balaban J connectivity index is 1.80. The Morgan fingerprint density at radius 1 is 1.23 bits per heavy atom. The van der Waals surface area contributed by atoms with Gasteiger partial charge < -0.3 is 14.7 Å². The first-order chi connectivity index (χ1) is 10.4. The second-order valence-electron chi connectivity index (χ2n) is 6.41. The summed E-state index contributed by atoms with van der Waals surface area (Å²) in [4.78, 5) is 25.3. The molecule has 5 nitrogen and oxygen atoms in total. The van der Waals surface area contributed by atoms with Gasteiger partial charge in [0.05, 0.1) is 0 Å². The van der Waals surface area contributed by atoms with E-state index < -0.39 is 5.97 Å². The number of ether oxygens (including phenoxy) is 1. The zero-order valence-electron chi connectivity index (χ0n) is 13.0. The normalized spacial score (nSPS) is 18.5. The summed E-state index contributed by atoms with van der Waals surface area (Å²) in [7, 11) is 0. The van der Waals surface area contributed by atoms with Crippen molar-refractivity contribution in [3.8, 4) is 5.75 Å². The van der Waals surface area contributed by atoms with Gasteiger partial charge in [0.25, 0.3) is 5.91 Å². The molecule has 1 amide bonds. The Labute approximate surface area is 129 Å². The number of nitrogens with zero attached hydrogens (tertiary/aromatic N) is 1. The molecule has 118 valence electrons. The molecule has 1 aromatic carbocycles. The average Bonchev–Trinajstić information content (AvgIpc) is 2.34. The van der Waals surface area contributed by atoms with Crippen LogP contribution in [0.25, 0.3) is 0 Å². The maximum absolute atomic E-state index is 12.7. The highest BCUT2D eigenvalue weighted by Gasteiger charge is 2.51. The fourth-order valence-electron chi connectivity index (χ4n) is 3.55. The molecule has 1 saturated carbocycles. The Morgan fingerprint density at radius 2 is 1.86 bits per heavy atom. The lowest BCUT2D eigenvalue weighted by Crippen LogP contribution is -2.65. The first kappa shape index (κ1) is 14.9. The van der Waals surface area contributed by atoms with E-state index in [1.165, 1.54) is 6.42 Å². The second kappa shape index (κ2) is 5.30. The van der Waals surface area contributed by atoms with Crippen molar-refractivity contribution in [2.45, 2.75) is 45.1 Å². The molecule has 0 bridgehead atoms. The maximum Gasteiger partial charge on any atom is 0.341 e. The summed E-state index contributed by atoms with van der Waals surface area (Å²) in [6.07, 6.45) is 4.58. The number of rotatable bonds is 4. The molecule has 0 radical (unpaired) electrons. The summed E-state index contributed by atoms with van der Waals surface area (Å²) in [6, 6.07) is 3.61. The van der Waals surface area contributed by atoms with E-state index in [1.54, 1.807) is 12.1 Å². The quantitative estimate of drug-likeness (QED) is 0.928. The molecule has 5 heteroatoms. The molecule has 1 spiro atoms. The number of benzene rings is 1. The van der Waals surface area contributed by atoms with Crippen LogP contribution in [-0.2, 0) is 4.79 Å². The van der Waals surface area contributed by atoms with Crippen molar-refractivity contribution >= 4 is 11.9 Å². The number of likely N-dealkylation sites (tertiary alicyclic amines) is 1. The number of carboxylic acid groups (broad SMARTS) is 1. The molecule has 0 unspecified atom stereocenters. The van der Waals surface area contributed by atoms with Gasteiger partial charge in [0, 0.05) is 17.6 Å². The van der Waals surface area contributed by atoms with Gasteiger partial charge >= 0.3 is 5.97 Å². The predicted molar refractivity (Wildman–Crippen MR) is 81.3 cm³/mol. The van der Waals surface area contributed by atoms with Gasteiger partial charge in [-0.05, 0) is 62.8 Å². The van der Waals surface area contributed by atoms with Crippen LogP contribution in [0.1, 0.15) is 47.2 Å². The van der Waals surface area contributed by atoms with Crippen molar-refractivity contribution in [1.29, 1.82) is 0 Å². The van der Waals surface area contributed by atoms with Gasteiger partial charge in [-0.1, -0.05) is 0 Å². The van der Waals surface area contributed by atoms with E-state index in [1.807, 2.05) is 18.7 Å². The van der Waals surface area contributed by atoms with Gasteiger partial charge in [-0.15, -0.1) is 0 Å². The highest BCUT2D eigenvalue weighted by atomic mass is 16.5.